The van der Waals surface area contributed by atoms with E-state index in [1.807, 2.05) is 0 Å². The Hall–Kier alpha value is -1.00. The molecule has 1 rings (SSSR count). The van der Waals surface area contributed by atoms with Gasteiger partial charge in [0.1, 0.15) is 0 Å². The highest BCUT2D eigenvalue weighted by Gasteiger charge is 2.18. The Morgan fingerprint density at radius 1 is 1.41 bits per heavy atom. The second-order valence-corrected chi connectivity index (χ2v) is 4.20. The number of amides is 1. The van der Waals surface area contributed by atoms with Crippen LogP contribution in [0.2, 0.25) is 5.22 Å². The monoisotopic (exact) mass is 259 g/mol. The van der Waals surface area contributed by atoms with Gasteiger partial charge in [-0.3, -0.25) is 4.79 Å². The van der Waals surface area contributed by atoms with Crippen LogP contribution < -0.4 is 0 Å². The van der Waals surface area contributed by atoms with Crippen molar-refractivity contribution in [2.24, 2.45) is 0 Å². The zero-order valence-corrected chi connectivity index (χ0v) is 10.7. The summed E-state index contributed by atoms with van der Waals surface area (Å²) >= 11 is 5.63. The molecule has 0 bridgehead atoms. The van der Waals surface area contributed by atoms with Crippen LogP contribution in [-0.4, -0.2) is 35.6 Å². The van der Waals surface area contributed by atoms with Crippen LogP contribution in [0.5, 0.6) is 0 Å². The van der Waals surface area contributed by atoms with E-state index in [-0.39, 0.29) is 23.5 Å². The van der Waals surface area contributed by atoms with Gasteiger partial charge in [0.15, 0.2) is 11.0 Å². The van der Waals surface area contributed by atoms with Crippen LogP contribution in [0.1, 0.15) is 36.7 Å². The lowest BCUT2D eigenvalue weighted by Gasteiger charge is -2.20. The van der Waals surface area contributed by atoms with Crippen LogP contribution in [0.25, 0.3) is 0 Å². The number of nitrogens with zero attached hydrogens (tertiary/aromatic N) is 1. The molecule has 5 heteroatoms. The van der Waals surface area contributed by atoms with Crippen molar-refractivity contribution in [1.29, 1.82) is 0 Å². The Balaban J connectivity index is 2.59. The highest BCUT2D eigenvalue weighted by molar-refractivity contribution is 6.29. The molecule has 96 valence electrons. The largest absolute Gasteiger partial charge is 0.440 e. The molecule has 17 heavy (non-hydrogen) atoms. The molecule has 0 fully saturated rings. The summed E-state index contributed by atoms with van der Waals surface area (Å²) in [5.74, 6) is 0.00185. The molecule has 4 nitrogen and oxygen atoms in total. The molecule has 0 spiro atoms. The van der Waals surface area contributed by atoms with E-state index in [2.05, 4.69) is 6.92 Å². The third kappa shape index (κ3) is 4.40. The zero-order valence-electron chi connectivity index (χ0n) is 9.99. The van der Waals surface area contributed by atoms with Gasteiger partial charge >= 0.3 is 0 Å². The van der Waals surface area contributed by atoms with Crippen molar-refractivity contribution < 1.29 is 14.3 Å². The minimum Gasteiger partial charge on any atom is -0.440 e. The van der Waals surface area contributed by atoms with Crippen molar-refractivity contribution in [1.82, 2.24) is 4.90 Å². The van der Waals surface area contributed by atoms with Gasteiger partial charge in [-0.2, -0.15) is 0 Å². The Morgan fingerprint density at radius 2 is 2.18 bits per heavy atom. The van der Waals surface area contributed by atoms with Crippen molar-refractivity contribution in [2.45, 2.75) is 26.2 Å². The maximum absolute atomic E-state index is 12.0. The minimum atomic E-state index is -0.220. The fourth-order valence-electron chi connectivity index (χ4n) is 1.57. The van der Waals surface area contributed by atoms with E-state index in [0.717, 1.165) is 19.3 Å². The number of hydrogen-bond acceptors (Lipinski definition) is 3. The van der Waals surface area contributed by atoms with E-state index >= 15 is 0 Å². The number of furan rings is 1. The van der Waals surface area contributed by atoms with Gasteiger partial charge in [0.05, 0.1) is 6.61 Å². The Kier molecular flexibility index (Phi) is 6.08. The Labute approximate surface area is 106 Å². The molecule has 0 saturated heterocycles. The number of carbonyl (C=O) groups excluding carboxylic acids is 1. The van der Waals surface area contributed by atoms with Gasteiger partial charge in [-0.25, -0.2) is 0 Å². The van der Waals surface area contributed by atoms with Gasteiger partial charge in [0.2, 0.25) is 0 Å². The molecule has 0 aliphatic heterocycles. The first kappa shape index (κ1) is 14.1. The molecule has 1 heterocycles. The summed E-state index contributed by atoms with van der Waals surface area (Å²) in [6, 6.07) is 3.09. The summed E-state index contributed by atoms with van der Waals surface area (Å²) in [5.41, 5.74) is 0. The second kappa shape index (κ2) is 7.35. The van der Waals surface area contributed by atoms with E-state index in [4.69, 9.17) is 21.1 Å². The minimum absolute atomic E-state index is 0.0493. The van der Waals surface area contributed by atoms with E-state index in [9.17, 15) is 4.79 Å². The zero-order chi connectivity index (χ0) is 12.7. The maximum Gasteiger partial charge on any atom is 0.289 e. The fourth-order valence-corrected chi connectivity index (χ4v) is 1.72. The predicted octanol–water partition coefficient (Wildman–Crippen LogP) is 2.56. The average Bonchev–Trinajstić information content (AvgIpc) is 2.74. The lowest BCUT2D eigenvalue weighted by Crippen LogP contribution is -2.34. The van der Waals surface area contributed by atoms with Gasteiger partial charge in [-0.1, -0.05) is 19.8 Å². The molecule has 1 N–H and O–H groups in total. The third-order valence-electron chi connectivity index (χ3n) is 2.47. The number of carbonyl (C=O) groups is 1. The topological polar surface area (TPSA) is 53.7 Å². The molecule has 0 atom stereocenters. The maximum atomic E-state index is 12.0. The lowest BCUT2D eigenvalue weighted by molar-refractivity contribution is 0.0687. The number of aliphatic hydroxyl groups excluding tert-OH is 1. The van der Waals surface area contributed by atoms with Crippen LogP contribution in [-0.2, 0) is 0 Å². The van der Waals surface area contributed by atoms with Crippen LogP contribution >= 0.6 is 11.6 Å². The smallest absolute Gasteiger partial charge is 0.289 e. The summed E-state index contributed by atoms with van der Waals surface area (Å²) in [5, 5.41) is 9.14. The number of rotatable bonds is 7. The molecule has 1 aromatic heterocycles. The molecule has 1 aromatic rings. The van der Waals surface area contributed by atoms with Gasteiger partial charge in [-0.05, 0) is 30.2 Å². The van der Waals surface area contributed by atoms with Gasteiger partial charge in [0.25, 0.3) is 5.91 Å². The number of unbranched alkanes of at least 4 members (excludes halogenated alkanes) is 2. The molecule has 0 aromatic carbocycles. The molecular weight excluding hydrogens is 242 g/mol. The van der Waals surface area contributed by atoms with Gasteiger partial charge in [-0.15, -0.1) is 0 Å². The summed E-state index contributed by atoms with van der Waals surface area (Å²) in [6.45, 7) is 3.00. The summed E-state index contributed by atoms with van der Waals surface area (Å²) in [6.07, 6.45) is 3.08. The highest BCUT2D eigenvalue weighted by Crippen LogP contribution is 2.15. The Bertz CT molecular complexity index is 351. The van der Waals surface area contributed by atoms with E-state index in [0.29, 0.717) is 13.1 Å². The summed E-state index contributed by atoms with van der Waals surface area (Å²) < 4.78 is 5.07. The first-order valence-electron chi connectivity index (χ1n) is 5.84. The van der Waals surface area contributed by atoms with E-state index < -0.39 is 0 Å². The summed E-state index contributed by atoms with van der Waals surface area (Å²) in [7, 11) is 0. The van der Waals surface area contributed by atoms with Crippen molar-refractivity contribution in [2.75, 3.05) is 19.7 Å². The number of halogens is 1. The average molecular weight is 260 g/mol. The standard InChI is InChI=1S/C12H18ClNO3/c1-2-3-4-7-14(8-9-15)12(16)10-5-6-11(13)17-10/h5-6,15H,2-4,7-9H2,1H3. The summed E-state index contributed by atoms with van der Waals surface area (Å²) in [4.78, 5) is 13.6. The Morgan fingerprint density at radius 3 is 2.71 bits per heavy atom. The molecule has 0 unspecified atom stereocenters. The molecule has 0 aliphatic rings. The molecule has 0 aliphatic carbocycles. The van der Waals surface area contributed by atoms with Crippen LogP contribution in [0.15, 0.2) is 16.5 Å². The third-order valence-corrected chi connectivity index (χ3v) is 2.68. The van der Waals surface area contributed by atoms with E-state index in [1.165, 1.54) is 6.07 Å². The second-order valence-electron chi connectivity index (χ2n) is 3.83. The van der Waals surface area contributed by atoms with Crippen molar-refractivity contribution >= 4 is 17.5 Å². The molecule has 0 radical (unpaired) electrons. The number of aliphatic hydroxyl groups is 1. The van der Waals surface area contributed by atoms with Crippen molar-refractivity contribution in [3.8, 4) is 0 Å². The predicted molar refractivity (Wildman–Crippen MR) is 66.2 cm³/mol. The van der Waals surface area contributed by atoms with Crippen LogP contribution in [0, 0.1) is 0 Å². The van der Waals surface area contributed by atoms with Gasteiger partial charge in [0, 0.05) is 13.1 Å². The van der Waals surface area contributed by atoms with Gasteiger partial charge < -0.3 is 14.4 Å². The highest BCUT2D eigenvalue weighted by atomic mass is 35.5. The first-order valence-corrected chi connectivity index (χ1v) is 6.22. The van der Waals surface area contributed by atoms with Crippen LogP contribution in [0.3, 0.4) is 0 Å². The first-order chi connectivity index (χ1) is 8.19. The normalized spacial score (nSPS) is 10.5. The van der Waals surface area contributed by atoms with Crippen molar-refractivity contribution in [3.63, 3.8) is 0 Å². The van der Waals surface area contributed by atoms with Crippen molar-refractivity contribution in [3.05, 3.63) is 23.1 Å². The SMILES string of the molecule is CCCCCN(CCO)C(=O)c1ccc(Cl)o1. The molecular formula is C12H18ClNO3. The van der Waals surface area contributed by atoms with Crippen LogP contribution in [0.4, 0.5) is 0 Å². The lowest BCUT2D eigenvalue weighted by atomic mass is 10.2. The quantitative estimate of drug-likeness (QED) is 0.766. The number of hydrogen-bond donors (Lipinski definition) is 1. The molecule has 1 amide bonds. The van der Waals surface area contributed by atoms with E-state index in [1.54, 1.807) is 11.0 Å². The molecule has 0 saturated carbocycles. The fraction of sp³-hybridized carbons (Fsp3) is 0.583.